The Morgan fingerprint density at radius 2 is 1.94 bits per heavy atom. The van der Waals surface area contributed by atoms with Crippen LogP contribution in [0.25, 0.3) is 11.0 Å². The zero-order valence-corrected chi connectivity index (χ0v) is 11.5. The van der Waals surface area contributed by atoms with E-state index in [0.717, 1.165) is 16.5 Å². The lowest BCUT2D eigenvalue weighted by molar-refractivity contribution is 0.267. The number of rotatable bonds is 2. The van der Waals surface area contributed by atoms with Crippen LogP contribution in [0, 0.1) is 0 Å². The lowest BCUT2D eigenvalue weighted by atomic mass is 10.0. The Labute approximate surface area is 107 Å². The molecule has 1 fully saturated rings. The molecule has 0 aromatic carbocycles. The van der Waals surface area contributed by atoms with Crippen molar-refractivity contribution in [1.82, 2.24) is 4.98 Å². The Morgan fingerprint density at radius 1 is 1.28 bits per heavy atom. The van der Waals surface area contributed by atoms with Gasteiger partial charge in [-0.15, -0.1) is 0 Å². The van der Waals surface area contributed by atoms with Gasteiger partial charge in [0, 0.05) is 23.3 Å². The first-order chi connectivity index (χ1) is 8.60. The number of halogens is 1. The Kier molecular flexibility index (Phi) is 3.42. The van der Waals surface area contributed by atoms with Crippen LogP contribution in [0.4, 0.5) is 4.39 Å². The van der Waals surface area contributed by atoms with Gasteiger partial charge >= 0.3 is 0 Å². The van der Waals surface area contributed by atoms with Gasteiger partial charge in [-0.3, -0.25) is 4.98 Å². The van der Waals surface area contributed by atoms with E-state index in [9.17, 15) is 4.39 Å². The van der Waals surface area contributed by atoms with E-state index in [0.29, 0.717) is 24.5 Å². The molecule has 3 heteroatoms. The zero-order chi connectivity index (χ0) is 13.3. The number of aromatic nitrogens is 1. The maximum absolute atomic E-state index is 13.9. The van der Waals surface area contributed by atoms with E-state index < -0.39 is 5.67 Å². The van der Waals surface area contributed by atoms with Gasteiger partial charge in [0.2, 0.25) is 0 Å². The van der Waals surface area contributed by atoms with Crippen molar-refractivity contribution in [3.63, 3.8) is 0 Å². The summed E-state index contributed by atoms with van der Waals surface area (Å²) in [6.07, 6.45) is 4.70. The van der Waals surface area contributed by atoms with E-state index in [2.05, 4.69) is 18.8 Å². The highest BCUT2D eigenvalue weighted by atomic mass is 19.1. The minimum absolute atomic E-state index is 0.338. The van der Waals surface area contributed by atoms with Crippen molar-refractivity contribution < 1.29 is 8.81 Å². The highest BCUT2D eigenvalue weighted by Crippen LogP contribution is 2.51. The van der Waals surface area contributed by atoms with Crippen molar-refractivity contribution in [2.24, 2.45) is 0 Å². The first kappa shape index (κ1) is 13.1. The quantitative estimate of drug-likeness (QED) is 0.753. The molecule has 0 N–H and O–H groups in total. The summed E-state index contributed by atoms with van der Waals surface area (Å²) in [6, 6.07) is 1.79. The van der Waals surface area contributed by atoms with Gasteiger partial charge in [0.05, 0.1) is 0 Å². The maximum Gasteiger partial charge on any atom is 0.168 e. The van der Waals surface area contributed by atoms with Crippen LogP contribution in [-0.2, 0) is 5.67 Å². The molecule has 3 rings (SSSR count). The van der Waals surface area contributed by atoms with Gasteiger partial charge in [-0.1, -0.05) is 27.7 Å². The molecule has 0 unspecified atom stereocenters. The zero-order valence-electron chi connectivity index (χ0n) is 11.5. The van der Waals surface area contributed by atoms with Crippen LogP contribution in [0.3, 0.4) is 0 Å². The minimum atomic E-state index is -1.20. The van der Waals surface area contributed by atoms with Crippen LogP contribution < -0.4 is 0 Å². The summed E-state index contributed by atoms with van der Waals surface area (Å²) < 4.78 is 19.6. The molecule has 1 aliphatic carbocycles. The van der Waals surface area contributed by atoms with Crippen LogP contribution in [0.5, 0.6) is 0 Å². The topological polar surface area (TPSA) is 26.0 Å². The molecule has 98 valence electrons. The molecular formula is C15H20FNO. The summed E-state index contributed by atoms with van der Waals surface area (Å²) in [7, 11) is 0. The normalized spacial score (nSPS) is 16.6. The number of alkyl halides is 1. The molecule has 0 aliphatic heterocycles. The van der Waals surface area contributed by atoms with Crippen LogP contribution in [0.1, 0.15) is 57.8 Å². The van der Waals surface area contributed by atoms with Gasteiger partial charge in [-0.05, 0) is 24.8 Å². The van der Waals surface area contributed by atoms with Crippen molar-refractivity contribution in [3.8, 4) is 0 Å². The van der Waals surface area contributed by atoms with E-state index in [-0.39, 0.29) is 0 Å². The Morgan fingerprint density at radius 3 is 2.50 bits per heavy atom. The standard InChI is InChI=1S/C13H14FNO.C2H6/c1-8(2)10-7-15-6-9-5-11(16-12(9)10)13(14)3-4-13;1-2/h5-8H,3-4H2,1-2H3;1-2H3. The van der Waals surface area contributed by atoms with Crippen LogP contribution in [0.2, 0.25) is 0 Å². The van der Waals surface area contributed by atoms with Crippen molar-refractivity contribution >= 4 is 11.0 Å². The van der Waals surface area contributed by atoms with Crippen LogP contribution in [-0.4, -0.2) is 4.98 Å². The van der Waals surface area contributed by atoms with E-state index in [1.165, 1.54) is 0 Å². The molecule has 0 atom stereocenters. The smallest absolute Gasteiger partial charge is 0.168 e. The van der Waals surface area contributed by atoms with Gasteiger partial charge in [0.15, 0.2) is 5.67 Å². The monoisotopic (exact) mass is 249 g/mol. The average molecular weight is 249 g/mol. The van der Waals surface area contributed by atoms with Crippen molar-refractivity contribution in [1.29, 1.82) is 0 Å². The minimum Gasteiger partial charge on any atom is -0.457 e. The second-order valence-electron chi connectivity index (χ2n) is 4.88. The van der Waals surface area contributed by atoms with E-state index in [1.807, 2.05) is 13.8 Å². The first-order valence-electron chi connectivity index (χ1n) is 6.67. The predicted molar refractivity (Wildman–Crippen MR) is 71.5 cm³/mol. The van der Waals surface area contributed by atoms with E-state index in [4.69, 9.17) is 4.42 Å². The fourth-order valence-corrected chi connectivity index (χ4v) is 1.97. The second kappa shape index (κ2) is 4.71. The van der Waals surface area contributed by atoms with Crippen molar-refractivity contribution in [2.75, 3.05) is 0 Å². The van der Waals surface area contributed by atoms with Crippen molar-refractivity contribution in [3.05, 3.63) is 29.8 Å². The molecule has 0 spiro atoms. The predicted octanol–water partition coefficient (Wildman–Crippen LogP) is 4.94. The molecular weight excluding hydrogens is 229 g/mol. The SMILES string of the molecule is CC.CC(C)c1cncc2cc(C3(F)CC3)oc12. The number of pyridine rings is 1. The van der Waals surface area contributed by atoms with Gasteiger partial charge in [-0.25, -0.2) is 4.39 Å². The van der Waals surface area contributed by atoms with Gasteiger partial charge in [0.1, 0.15) is 11.3 Å². The second-order valence-corrected chi connectivity index (χ2v) is 4.88. The third kappa shape index (κ3) is 2.14. The third-order valence-electron chi connectivity index (χ3n) is 3.20. The van der Waals surface area contributed by atoms with Crippen LogP contribution >= 0.6 is 0 Å². The Hall–Kier alpha value is -1.38. The summed E-state index contributed by atoms with van der Waals surface area (Å²) in [5.41, 5.74) is 0.643. The van der Waals surface area contributed by atoms with E-state index >= 15 is 0 Å². The van der Waals surface area contributed by atoms with E-state index in [1.54, 1.807) is 18.5 Å². The molecule has 0 bridgehead atoms. The average Bonchev–Trinajstić information content (AvgIpc) is 2.96. The summed E-state index contributed by atoms with van der Waals surface area (Å²) in [6.45, 7) is 8.17. The molecule has 2 nitrogen and oxygen atoms in total. The lowest BCUT2D eigenvalue weighted by Crippen LogP contribution is -1.93. The fraction of sp³-hybridized carbons (Fsp3) is 0.533. The van der Waals surface area contributed by atoms with Crippen LogP contribution in [0.15, 0.2) is 22.9 Å². The summed E-state index contributed by atoms with van der Waals surface area (Å²) in [5.74, 6) is 0.808. The lowest BCUT2D eigenvalue weighted by Gasteiger charge is -2.04. The molecule has 2 heterocycles. The van der Waals surface area contributed by atoms with Gasteiger partial charge < -0.3 is 4.42 Å². The first-order valence-corrected chi connectivity index (χ1v) is 6.67. The summed E-state index contributed by atoms with van der Waals surface area (Å²) >= 11 is 0. The Bertz CT molecular complexity index is 540. The largest absolute Gasteiger partial charge is 0.457 e. The number of furan rings is 1. The molecule has 1 saturated carbocycles. The summed E-state index contributed by atoms with van der Waals surface area (Å²) in [5, 5.41) is 0.908. The molecule has 0 saturated heterocycles. The number of fused-ring (bicyclic) bond motifs is 1. The number of nitrogens with zero attached hydrogens (tertiary/aromatic N) is 1. The maximum atomic E-state index is 13.9. The molecule has 0 amide bonds. The Balaban J connectivity index is 0.000000574. The highest BCUT2D eigenvalue weighted by Gasteiger charge is 2.48. The number of hydrogen-bond donors (Lipinski definition) is 0. The third-order valence-corrected chi connectivity index (χ3v) is 3.20. The van der Waals surface area contributed by atoms with Crippen molar-refractivity contribution in [2.45, 2.75) is 52.1 Å². The molecule has 2 aromatic rings. The van der Waals surface area contributed by atoms with Gasteiger partial charge in [0.25, 0.3) is 0 Å². The molecule has 18 heavy (non-hydrogen) atoms. The molecule has 0 radical (unpaired) electrons. The highest BCUT2D eigenvalue weighted by molar-refractivity contribution is 5.80. The summed E-state index contributed by atoms with van der Waals surface area (Å²) in [4.78, 5) is 4.17. The number of hydrogen-bond acceptors (Lipinski definition) is 2. The van der Waals surface area contributed by atoms with Gasteiger partial charge in [-0.2, -0.15) is 0 Å². The molecule has 2 aromatic heterocycles. The molecule has 1 aliphatic rings. The fourth-order valence-electron chi connectivity index (χ4n) is 1.97.